The van der Waals surface area contributed by atoms with Crippen LogP contribution in [-0.4, -0.2) is 23.7 Å². The van der Waals surface area contributed by atoms with Gasteiger partial charge in [-0.1, -0.05) is 6.07 Å². The maximum absolute atomic E-state index is 12.4. The number of benzene rings is 1. The van der Waals surface area contributed by atoms with E-state index in [0.29, 0.717) is 11.7 Å². The van der Waals surface area contributed by atoms with Gasteiger partial charge in [0, 0.05) is 11.6 Å². The molecule has 2 N–H and O–H groups in total. The molecule has 2 unspecified atom stereocenters. The molecule has 0 saturated heterocycles. The third-order valence-electron chi connectivity index (χ3n) is 5.99. The van der Waals surface area contributed by atoms with Crippen LogP contribution in [-0.2, 0) is 4.79 Å². The van der Waals surface area contributed by atoms with Crippen LogP contribution in [0, 0.1) is 17.8 Å². The molecule has 23 heavy (non-hydrogen) atoms. The first-order valence-electron chi connectivity index (χ1n) is 8.45. The number of carbonyl (C=O) groups is 1. The predicted octanol–water partition coefficient (Wildman–Crippen LogP) is 3.11. The number of phenols is 1. The van der Waals surface area contributed by atoms with E-state index in [4.69, 9.17) is 4.74 Å². The third kappa shape index (κ3) is 2.50. The Morgan fingerprint density at radius 1 is 1.30 bits per heavy atom. The Bertz CT molecular complexity index is 653. The molecule has 1 aromatic rings. The van der Waals surface area contributed by atoms with Crippen LogP contribution >= 0.6 is 0 Å². The molecule has 4 aliphatic rings. The van der Waals surface area contributed by atoms with Gasteiger partial charge in [-0.05, 0) is 73.6 Å². The van der Waals surface area contributed by atoms with E-state index < -0.39 is 0 Å². The summed E-state index contributed by atoms with van der Waals surface area (Å²) in [6.07, 6.45) is 9.61. The monoisotopic (exact) mass is 313 g/mol. The van der Waals surface area contributed by atoms with E-state index in [2.05, 4.69) is 5.32 Å². The Morgan fingerprint density at radius 3 is 2.70 bits per heavy atom. The van der Waals surface area contributed by atoms with Gasteiger partial charge in [-0.2, -0.15) is 0 Å². The number of nitrogens with one attached hydrogen (secondary N) is 1. The number of aromatic hydroxyl groups is 1. The Morgan fingerprint density at radius 2 is 2.04 bits per heavy atom. The van der Waals surface area contributed by atoms with E-state index in [1.54, 1.807) is 24.3 Å². The van der Waals surface area contributed by atoms with E-state index in [1.165, 1.54) is 26.4 Å². The van der Waals surface area contributed by atoms with Crippen molar-refractivity contribution in [3.8, 4) is 11.5 Å². The molecule has 4 saturated carbocycles. The average molecular weight is 313 g/mol. The van der Waals surface area contributed by atoms with Crippen LogP contribution in [0.2, 0.25) is 0 Å². The van der Waals surface area contributed by atoms with Crippen molar-refractivity contribution in [2.24, 2.45) is 17.8 Å². The molecule has 1 amide bonds. The van der Waals surface area contributed by atoms with Crippen LogP contribution in [0.25, 0.3) is 6.08 Å². The van der Waals surface area contributed by atoms with Crippen LogP contribution in [0.1, 0.15) is 37.7 Å². The fraction of sp³-hybridized carbons (Fsp3) is 0.526. The van der Waals surface area contributed by atoms with Gasteiger partial charge >= 0.3 is 0 Å². The highest BCUT2D eigenvalue weighted by Gasteiger charge is 2.58. The second-order valence-corrected chi connectivity index (χ2v) is 7.45. The zero-order valence-corrected chi connectivity index (χ0v) is 13.4. The molecule has 0 heterocycles. The largest absolute Gasteiger partial charge is 0.504 e. The smallest absolute Gasteiger partial charge is 0.244 e. The molecule has 4 nitrogen and oxygen atoms in total. The first-order chi connectivity index (χ1) is 11.1. The number of amides is 1. The molecule has 4 bridgehead atoms. The van der Waals surface area contributed by atoms with Crippen molar-refractivity contribution in [3.63, 3.8) is 0 Å². The van der Waals surface area contributed by atoms with Gasteiger partial charge in [-0.15, -0.1) is 0 Å². The van der Waals surface area contributed by atoms with Crippen LogP contribution in [0.5, 0.6) is 11.5 Å². The average Bonchev–Trinajstić information content (AvgIpc) is 2.89. The number of hydrogen-bond donors (Lipinski definition) is 2. The van der Waals surface area contributed by atoms with Gasteiger partial charge in [0.1, 0.15) is 0 Å². The summed E-state index contributed by atoms with van der Waals surface area (Å²) in [7, 11) is 1.52. The molecule has 1 aromatic carbocycles. The third-order valence-corrected chi connectivity index (χ3v) is 5.99. The number of rotatable bonds is 4. The van der Waals surface area contributed by atoms with Crippen LogP contribution < -0.4 is 10.1 Å². The predicted molar refractivity (Wildman–Crippen MR) is 88.1 cm³/mol. The zero-order chi connectivity index (χ0) is 16.0. The minimum atomic E-state index is -0.0199. The molecule has 0 spiro atoms. The number of carbonyl (C=O) groups excluding carboxylic acids is 1. The summed E-state index contributed by atoms with van der Waals surface area (Å²) in [5.41, 5.74) is 0.852. The molecule has 4 heteroatoms. The highest BCUT2D eigenvalue weighted by Crippen LogP contribution is 2.60. The normalized spacial score (nSPS) is 34.2. The van der Waals surface area contributed by atoms with Crippen molar-refractivity contribution in [1.29, 1.82) is 0 Å². The van der Waals surface area contributed by atoms with Gasteiger partial charge in [0.15, 0.2) is 11.5 Å². The lowest BCUT2D eigenvalue weighted by molar-refractivity contribution is -0.118. The molecule has 5 rings (SSSR count). The van der Waals surface area contributed by atoms with E-state index in [1.807, 2.05) is 6.07 Å². The van der Waals surface area contributed by atoms with Crippen LogP contribution in [0.4, 0.5) is 0 Å². The van der Waals surface area contributed by atoms with Gasteiger partial charge in [0.05, 0.1) is 7.11 Å². The molecule has 4 fully saturated rings. The van der Waals surface area contributed by atoms with E-state index in [-0.39, 0.29) is 17.2 Å². The maximum Gasteiger partial charge on any atom is 0.244 e. The molecular weight excluding hydrogens is 290 g/mol. The molecule has 0 aliphatic heterocycles. The Kier molecular flexibility index (Phi) is 3.36. The summed E-state index contributed by atoms with van der Waals surface area (Å²) < 4.78 is 5.02. The number of phenolic OH excluding ortho intramolecular Hbond substituents is 1. The van der Waals surface area contributed by atoms with Gasteiger partial charge in [0.25, 0.3) is 0 Å². The lowest BCUT2D eigenvalue weighted by atomic mass is 9.80. The van der Waals surface area contributed by atoms with Crippen molar-refractivity contribution >= 4 is 12.0 Å². The molecule has 0 aromatic heterocycles. The van der Waals surface area contributed by atoms with E-state index >= 15 is 0 Å². The number of hydrogen-bond acceptors (Lipinski definition) is 3. The molecule has 122 valence electrons. The van der Waals surface area contributed by atoms with Crippen molar-refractivity contribution in [3.05, 3.63) is 29.8 Å². The Hall–Kier alpha value is -1.97. The second-order valence-electron chi connectivity index (χ2n) is 7.45. The number of ether oxygens (including phenoxy) is 1. The summed E-state index contributed by atoms with van der Waals surface area (Å²) in [5, 5.41) is 13.1. The van der Waals surface area contributed by atoms with Gasteiger partial charge < -0.3 is 15.2 Å². The van der Waals surface area contributed by atoms with E-state index in [9.17, 15) is 9.90 Å². The van der Waals surface area contributed by atoms with Crippen molar-refractivity contribution in [2.45, 2.75) is 37.6 Å². The minimum absolute atomic E-state index is 0.0199. The van der Waals surface area contributed by atoms with Crippen molar-refractivity contribution in [2.75, 3.05) is 7.11 Å². The highest BCUT2D eigenvalue weighted by atomic mass is 16.5. The van der Waals surface area contributed by atoms with Crippen molar-refractivity contribution < 1.29 is 14.6 Å². The molecule has 0 radical (unpaired) electrons. The number of methoxy groups -OCH3 is 1. The summed E-state index contributed by atoms with van der Waals surface area (Å²) in [6, 6.07) is 5.12. The Balaban J connectivity index is 1.43. The van der Waals surface area contributed by atoms with Gasteiger partial charge in [0.2, 0.25) is 5.91 Å². The topological polar surface area (TPSA) is 58.6 Å². The summed E-state index contributed by atoms with van der Waals surface area (Å²) in [6.45, 7) is 0. The minimum Gasteiger partial charge on any atom is -0.504 e. The molecular formula is C19H23NO3. The highest BCUT2D eigenvalue weighted by molar-refractivity contribution is 5.92. The first kappa shape index (κ1) is 14.6. The lowest BCUT2D eigenvalue weighted by Crippen LogP contribution is -2.48. The first-order valence-corrected chi connectivity index (χ1v) is 8.45. The van der Waals surface area contributed by atoms with Crippen LogP contribution in [0.15, 0.2) is 24.3 Å². The zero-order valence-electron chi connectivity index (χ0n) is 13.4. The standard InChI is InChI=1S/C19H23NO3/c1-23-17-4-2-12(9-16(17)21)3-5-18(22)20-19-10-13-6-14(11-19)8-15(19)7-13/h2-5,9,13-15,21H,6-8,10-11H2,1H3,(H,20,22)/b5-3+. The molecule has 4 aliphatic carbocycles. The maximum atomic E-state index is 12.4. The fourth-order valence-electron chi connectivity index (χ4n) is 5.27. The second kappa shape index (κ2) is 5.29. The summed E-state index contributed by atoms with van der Waals surface area (Å²) >= 11 is 0. The SMILES string of the molecule is COc1ccc(/C=C/C(=O)NC23CC4CC(CC2C4)C3)cc1O. The van der Waals surface area contributed by atoms with Gasteiger partial charge in [-0.3, -0.25) is 4.79 Å². The quantitative estimate of drug-likeness (QED) is 0.840. The summed E-state index contributed by atoms with van der Waals surface area (Å²) in [4.78, 5) is 12.4. The summed E-state index contributed by atoms with van der Waals surface area (Å²) in [5.74, 6) is 2.85. The Labute approximate surface area is 136 Å². The van der Waals surface area contributed by atoms with Crippen LogP contribution in [0.3, 0.4) is 0 Å². The lowest BCUT2D eigenvalue weighted by Gasteiger charge is -2.33. The van der Waals surface area contributed by atoms with Gasteiger partial charge in [-0.25, -0.2) is 0 Å². The van der Waals surface area contributed by atoms with E-state index in [0.717, 1.165) is 30.2 Å². The molecule has 2 atom stereocenters. The van der Waals surface area contributed by atoms with Crippen molar-refractivity contribution in [1.82, 2.24) is 5.32 Å². The fourth-order valence-corrected chi connectivity index (χ4v) is 5.27.